The second-order valence-electron chi connectivity index (χ2n) is 5.30. The number of nitrogens with zero attached hydrogens (tertiary/aromatic N) is 4. The Labute approximate surface area is 122 Å². The highest BCUT2D eigenvalue weighted by atomic mass is 15.3. The summed E-state index contributed by atoms with van der Waals surface area (Å²) in [6, 6.07) is 0. The minimum absolute atomic E-state index is 0.909. The van der Waals surface area contributed by atoms with Gasteiger partial charge in [0.25, 0.3) is 0 Å². The topological polar surface area (TPSA) is 45.5 Å². The predicted molar refractivity (Wildman–Crippen MR) is 83.0 cm³/mol. The van der Waals surface area contributed by atoms with E-state index < -0.39 is 0 Å². The summed E-state index contributed by atoms with van der Waals surface area (Å²) in [6.07, 6.45) is 8.78. The van der Waals surface area contributed by atoms with Crippen LogP contribution < -0.4 is 5.32 Å². The quantitative estimate of drug-likeness (QED) is 0.492. The number of nitrogens with one attached hydrogen (secondary N) is 1. The molecule has 5 nitrogen and oxygen atoms in total. The highest BCUT2D eigenvalue weighted by Gasteiger charge is 2.14. The van der Waals surface area contributed by atoms with E-state index in [1.54, 1.807) is 0 Å². The molecule has 0 aromatic carbocycles. The first-order valence-corrected chi connectivity index (χ1v) is 7.82. The van der Waals surface area contributed by atoms with Crippen LogP contribution in [0.15, 0.2) is 17.4 Å². The van der Waals surface area contributed by atoms with E-state index in [2.05, 4.69) is 33.6 Å². The van der Waals surface area contributed by atoms with Gasteiger partial charge in [-0.3, -0.25) is 4.99 Å². The molecule has 1 aliphatic heterocycles. The van der Waals surface area contributed by atoms with Crippen molar-refractivity contribution >= 4 is 5.96 Å². The molecule has 1 aromatic rings. The summed E-state index contributed by atoms with van der Waals surface area (Å²) >= 11 is 0. The van der Waals surface area contributed by atoms with Crippen molar-refractivity contribution in [2.24, 2.45) is 4.99 Å². The van der Waals surface area contributed by atoms with E-state index in [0.717, 1.165) is 57.3 Å². The Morgan fingerprint density at radius 2 is 2.15 bits per heavy atom. The summed E-state index contributed by atoms with van der Waals surface area (Å²) in [7, 11) is 0. The smallest absolute Gasteiger partial charge is 0.193 e. The second-order valence-corrected chi connectivity index (χ2v) is 5.30. The van der Waals surface area contributed by atoms with Gasteiger partial charge in [-0.1, -0.05) is 0 Å². The largest absolute Gasteiger partial charge is 0.357 e. The summed E-state index contributed by atoms with van der Waals surface area (Å²) in [6.45, 7) is 9.39. The van der Waals surface area contributed by atoms with Crippen LogP contribution in [0.2, 0.25) is 0 Å². The molecule has 2 heterocycles. The van der Waals surface area contributed by atoms with E-state index in [4.69, 9.17) is 4.99 Å². The minimum Gasteiger partial charge on any atom is -0.357 e. The lowest BCUT2D eigenvalue weighted by molar-refractivity contribution is 0.492. The molecule has 1 aromatic heterocycles. The molecule has 0 aliphatic carbocycles. The molecule has 1 saturated heterocycles. The summed E-state index contributed by atoms with van der Waals surface area (Å²) in [5.41, 5.74) is 0. The highest BCUT2D eigenvalue weighted by Crippen LogP contribution is 2.07. The van der Waals surface area contributed by atoms with Gasteiger partial charge in [0.1, 0.15) is 5.82 Å². The van der Waals surface area contributed by atoms with Crippen molar-refractivity contribution in [3.63, 3.8) is 0 Å². The maximum absolute atomic E-state index is 4.74. The fourth-order valence-corrected chi connectivity index (χ4v) is 2.57. The molecular formula is C15H27N5. The first-order valence-electron chi connectivity index (χ1n) is 7.82. The molecule has 0 unspecified atom stereocenters. The van der Waals surface area contributed by atoms with Gasteiger partial charge in [-0.25, -0.2) is 4.98 Å². The van der Waals surface area contributed by atoms with E-state index in [9.17, 15) is 0 Å². The van der Waals surface area contributed by atoms with Crippen LogP contribution in [0.4, 0.5) is 0 Å². The molecule has 0 atom stereocenters. The van der Waals surface area contributed by atoms with Crippen LogP contribution in [0.25, 0.3) is 0 Å². The van der Waals surface area contributed by atoms with Crippen LogP contribution in [-0.2, 0) is 6.54 Å². The fourth-order valence-electron chi connectivity index (χ4n) is 2.57. The summed E-state index contributed by atoms with van der Waals surface area (Å²) in [5.74, 6) is 2.20. The van der Waals surface area contributed by atoms with Gasteiger partial charge in [-0.05, 0) is 39.5 Å². The predicted octanol–water partition coefficient (Wildman–Crippen LogP) is 2.03. The van der Waals surface area contributed by atoms with Crippen molar-refractivity contribution in [2.75, 3.05) is 26.2 Å². The van der Waals surface area contributed by atoms with Gasteiger partial charge in [-0.15, -0.1) is 0 Å². The van der Waals surface area contributed by atoms with Crippen LogP contribution in [-0.4, -0.2) is 46.6 Å². The lowest BCUT2D eigenvalue weighted by Gasteiger charge is -2.20. The van der Waals surface area contributed by atoms with Crippen LogP contribution in [0.5, 0.6) is 0 Å². The Kier molecular flexibility index (Phi) is 5.89. The monoisotopic (exact) mass is 277 g/mol. The first-order chi connectivity index (χ1) is 9.81. The van der Waals surface area contributed by atoms with Crippen molar-refractivity contribution < 1.29 is 0 Å². The average Bonchev–Trinajstić information content (AvgIpc) is 3.09. The van der Waals surface area contributed by atoms with Crippen LogP contribution in [0.1, 0.15) is 38.4 Å². The molecule has 2 rings (SSSR count). The number of imidazole rings is 1. The fraction of sp³-hybridized carbons (Fsp3) is 0.733. The van der Waals surface area contributed by atoms with Crippen molar-refractivity contribution in [3.05, 3.63) is 18.2 Å². The zero-order valence-corrected chi connectivity index (χ0v) is 12.8. The van der Waals surface area contributed by atoms with Gasteiger partial charge in [-0.2, -0.15) is 0 Å². The minimum atomic E-state index is 0.909. The number of aliphatic imine (C=N–C) groups is 1. The lowest BCUT2D eigenvalue weighted by atomic mass is 10.3. The Morgan fingerprint density at radius 1 is 1.35 bits per heavy atom. The van der Waals surface area contributed by atoms with Gasteiger partial charge >= 0.3 is 0 Å². The maximum Gasteiger partial charge on any atom is 0.193 e. The van der Waals surface area contributed by atoms with Gasteiger partial charge in [0.05, 0.1) is 0 Å². The molecule has 20 heavy (non-hydrogen) atoms. The SMILES string of the molecule is CCNC(=NCCCCn1ccnc1C)N1CCCC1. The summed E-state index contributed by atoms with van der Waals surface area (Å²) in [5, 5.41) is 3.40. The second kappa shape index (κ2) is 7.92. The Hall–Kier alpha value is -1.52. The summed E-state index contributed by atoms with van der Waals surface area (Å²) in [4.78, 5) is 11.4. The number of aryl methyl sites for hydroxylation is 2. The number of hydrogen-bond acceptors (Lipinski definition) is 2. The average molecular weight is 277 g/mol. The normalized spacial score (nSPS) is 15.9. The van der Waals surface area contributed by atoms with Crippen LogP contribution in [0.3, 0.4) is 0 Å². The van der Waals surface area contributed by atoms with Gasteiger partial charge in [0.2, 0.25) is 0 Å². The van der Waals surface area contributed by atoms with E-state index >= 15 is 0 Å². The number of guanidine groups is 1. The molecule has 0 radical (unpaired) electrons. The van der Waals surface area contributed by atoms with Gasteiger partial charge in [0.15, 0.2) is 5.96 Å². The molecule has 112 valence electrons. The number of hydrogen-bond donors (Lipinski definition) is 1. The van der Waals surface area contributed by atoms with E-state index in [0.29, 0.717) is 0 Å². The third kappa shape index (κ3) is 4.25. The van der Waals surface area contributed by atoms with Crippen LogP contribution in [0, 0.1) is 6.92 Å². The number of likely N-dealkylation sites (tertiary alicyclic amines) is 1. The van der Waals surface area contributed by atoms with Crippen LogP contribution >= 0.6 is 0 Å². The van der Waals surface area contributed by atoms with Crippen molar-refractivity contribution in [1.29, 1.82) is 0 Å². The zero-order valence-electron chi connectivity index (χ0n) is 12.8. The molecule has 0 amide bonds. The van der Waals surface area contributed by atoms with Gasteiger partial charge in [0, 0.05) is 45.1 Å². The number of unbranched alkanes of at least 4 members (excludes halogenated alkanes) is 1. The van der Waals surface area contributed by atoms with Gasteiger partial charge < -0.3 is 14.8 Å². The first kappa shape index (κ1) is 14.9. The van der Waals surface area contributed by atoms with E-state index in [-0.39, 0.29) is 0 Å². The molecule has 1 N–H and O–H groups in total. The van der Waals surface area contributed by atoms with E-state index in [1.807, 2.05) is 12.4 Å². The maximum atomic E-state index is 4.74. The molecule has 0 bridgehead atoms. The van der Waals surface area contributed by atoms with Crippen molar-refractivity contribution in [2.45, 2.75) is 46.1 Å². The molecule has 1 fully saturated rings. The van der Waals surface area contributed by atoms with E-state index in [1.165, 1.54) is 12.8 Å². The standard InChI is InChI=1S/C15H27N5/c1-3-16-15(20-11-6-7-12-20)18-8-4-5-10-19-13-9-17-14(19)2/h9,13H,3-8,10-12H2,1-2H3,(H,16,18). The third-order valence-electron chi connectivity index (χ3n) is 3.73. The lowest BCUT2D eigenvalue weighted by Crippen LogP contribution is -2.39. The molecule has 1 aliphatic rings. The molecule has 5 heteroatoms. The number of aromatic nitrogens is 2. The Balaban J connectivity index is 1.71. The van der Waals surface area contributed by atoms with Crippen molar-refractivity contribution in [1.82, 2.24) is 19.8 Å². The molecular weight excluding hydrogens is 250 g/mol. The highest BCUT2D eigenvalue weighted by molar-refractivity contribution is 5.80. The third-order valence-corrected chi connectivity index (χ3v) is 3.73. The van der Waals surface area contributed by atoms with Crippen molar-refractivity contribution in [3.8, 4) is 0 Å². The zero-order chi connectivity index (χ0) is 14.2. The Morgan fingerprint density at radius 3 is 2.80 bits per heavy atom. The molecule has 0 saturated carbocycles. The number of rotatable bonds is 6. The Bertz CT molecular complexity index is 418. The summed E-state index contributed by atoms with van der Waals surface area (Å²) < 4.78 is 2.20. The molecule has 0 spiro atoms.